The van der Waals surface area contributed by atoms with Gasteiger partial charge in [0, 0.05) is 32.4 Å². The molecular formula is C20H25ClN2O2. The summed E-state index contributed by atoms with van der Waals surface area (Å²) in [5.74, 6) is -0.228. The van der Waals surface area contributed by atoms with E-state index in [1.165, 1.54) is 5.56 Å². The average molecular weight is 361 g/mol. The van der Waals surface area contributed by atoms with Crippen molar-refractivity contribution < 1.29 is 9.53 Å². The van der Waals surface area contributed by atoms with Crippen LogP contribution >= 0.6 is 12.4 Å². The third-order valence-corrected chi connectivity index (χ3v) is 4.44. The zero-order valence-electron chi connectivity index (χ0n) is 14.5. The molecule has 1 aliphatic heterocycles. The third kappa shape index (κ3) is 5.48. The zero-order chi connectivity index (χ0) is 16.8. The van der Waals surface area contributed by atoms with Crippen molar-refractivity contribution in [1.82, 2.24) is 4.90 Å². The van der Waals surface area contributed by atoms with Gasteiger partial charge in [-0.3, -0.25) is 4.90 Å². The van der Waals surface area contributed by atoms with Gasteiger partial charge in [0.2, 0.25) is 0 Å². The van der Waals surface area contributed by atoms with Crippen molar-refractivity contribution in [2.75, 3.05) is 25.5 Å². The van der Waals surface area contributed by atoms with Gasteiger partial charge in [0.15, 0.2) is 0 Å². The third-order valence-electron chi connectivity index (χ3n) is 4.44. The number of nitrogens with one attached hydrogen (secondary N) is 1. The first-order valence-electron chi connectivity index (χ1n) is 8.49. The maximum absolute atomic E-state index is 12.3. The monoisotopic (exact) mass is 360 g/mol. The standard InChI is InChI=1S/C20H24N2O2.ClH/c1-21-18-9-5-8-17(14-18)20(23)24-19-10-12-22(13-11-19)15-16-6-3-2-4-7-16;/h2-9,14,19,21H,10-13,15H2,1H3;1H. The molecule has 3 rings (SSSR count). The zero-order valence-corrected chi connectivity index (χ0v) is 15.3. The molecule has 0 spiro atoms. The van der Waals surface area contributed by atoms with E-state index in [-0.39, 0.29) is 24.5 Å². The highest BCUT2D eigenvalue weighted by Gasteiger charge is 2.23. The molecule has 0 aliphatic carbocycles. The van der Waals surface area contributed by atoms with E-state index in [0.29, 0.717) is 5.56 Å². The molecule has 1 N–H and O–H groups in total. The van der Waals surface area contributed by atoms with Gasteiger partial charge in [0.1, 0.15) is 6.10 Å². The van der Waals surface area contributed by atoms with Crippen molar-refractivity contribution in [3.63, 3.8) is 0 Å². The van der Waals surface area contributed by atoms with E-state index >= 15 is 0 Å². The number of hydrogen-bond donors (Lipinski definition) is 1. The molecule has 0 saturated carbocycles. The molecule has 2 aromatic rings. The minimum Gasteiger partial charge on any atom is -0.459 e. The van der Waals surface area contributed by atoms with Crippen LogP contribution in [0.5, 0.6) is 0 Å². The van der Waals surface area contributed by atoms with Gasteiger partial charge < -0.3 is 10.1 Å². The van der Waals surface area contributed by atoms with Crippen molar-refractivity contribution in [2.24, 2.45) is 0 Å². The number of hydrogen-bond acceptors (Lipinski definition) is 4. The van der Waals surface area contributed by atoms with Gasteiger partial charge in [0.25, 0.3) is 0 Å². The second-order valence-corrected chi connectivity index (χ2v) is 6.20. The summed E-state index contributed by atoms with van der Waals surface area (Å²) in [6.07, 6.45) is 1.80. The molecule has 0 aromatic heterocycles. The van der Waals surface area contributed by atoms with Crippen molar-refractivity contribution in [3.05, 3.63) is 65.7 Å². The Morgan fingerprint density at radius 3 is 2.52 bits per heavy atom. The number of piperidine rings is 1. The van der Waals surface area contributed by atoms with Crippen molar-refractivity contribution in [3.8, 4) is 0 Å². The number of esters is 1. The van der Waals surface area contributed by atoms with Gasteiger partial charge in [0.05, 0.1) is 5.56 Å². The Morgan fingerprint density at radius 1 is 1.12 bits per heavy atom. The van der Waals surface area contributed by atoms with Crippen molar-refractivity contribution in [1.29, 1.82) is 0 Å². The van der Waals surface area contributed by atoms with Gasteiger partial charge in [-0.2, -0.15) is 0 Å². The van der Waals surface area contributed by atoms with E-state index < -0.39 is 0 Å². The van der Waals surface area contributed by atoms with Crippen LogP contribution in [0.25, 0.3) is 0 Å². The number of anilines is 1. The van der Waals surface area contributed by atoms with Crippen LogP contribution in [0, 0.1) is 0 Å². The summed E-state index contributed by atoms with van der Waals surface area (Å²) in [6, 6.07) is 17.9. The summed E-state index contributed by atoms with van der Waals surface area (Å²) >= 11 is 0. The Kier molecular flexibility index (Phi) is 7.29. The van der Waals surface area contributed by atoms with Gasteiger partial charge in [-0.05, 0) is 36.6 Å². The lowest BCUT2D eigenvalue weighted by Gasteiger charge is -2.31. The van der Waals surface area contributed by atoms with Crippen LogP contribution in [0.2, 0.25) is 0 Å². The van der Waals surface area contributed by atoms with Crippen LogP contribution in [0.4, 0.5) is 5.69 Å². The van der Waals surface area contributed by atoms with Gasteiger partial charge >= 0.3 is 5.97 Å². The van der Waals surface area contributed by atoms with E-state index in [1.54, 1.807) is 6.07 Å². The quantitative estimate of drug-likeness (QED) is 0.819. The fraction of sp³-hybridized carbons (Fsp3) is 0.350. The maximum Gasteiger partial charge on any atom is 0.338 e. The second kappa shape index (κ2) is 9.44. The second-order valence-electron chi connectivity index (χ2n) is 6.20. The van der Waals surface area contributed by atoms with Crippen LogP contribution < -0.4 is 5.32 Å². The highest BCUT2D eigenvalue weighted by Crippen LogP contribution is 2.18. The smallest absolute Gasteiger partial charge is 0.338 e. The Morgan fingerprint density at radius 2 is 1.84 bits per heavy atom. The molecule has 0 radical (unpaired) electrons. The number of benzene rings is 2. The maximum atomic E-state index is 12.3. The topological polar surface area (TPSA) is 41.6 Å². The molecule has 134 valence electrons. The molecule has 25 heavy (non-hydrogen) atoms. The molecular weight excluding hydrogens is 336 g/mol. The fourth-order valence-electron chi connectivity index (χ4n) is 3.05. The molecule has 1 heterocycles. The molecule has 0 amide bonds. The normalized spacial score (nSPS) is 15.2. The first-order chi connectivity index (χ1) is 11.7. The Hall–Kier alpha value is -2.04. The number of carbonyl (C=O) groups excluding carboxylic acids is 1. The molecule has 1 aliphatic rings. The minimum absolute atomic E-state index is 0. The van der Waals surface area contributed by atoms with Crippen molar-refractivity contribution >= 4 is 24.1 Å². The fourth-order valence-corrected chi connectivity index (χ4v) is 3.05. The first-order valence-corrected chi connectivity index (χ1v) is 8.49. The van der Waals surface area contributed by atoms with E-state index in [0.717, 1.165) is 38.2 Å². The number of nitrogens with zero attached hydrogens (tertiary/aromatic N) is 1. The van der Waals surface area contributed by atoms with Crippen LogP contribution in [0.1, 0.15) is 28.8 Å². The number of ether oxygens (including phenoxy) is 1. The SMILES string of the molecule is CNc1cccc(C(=O)OC2CCN(Cc3ccccc3)CC2)c1.Cl. The highest BCUT2D eigenvalue weighted by atomic mass is 35.5. The Labute approximate surface area is 155 Å². The lowest BCUT2D eigenvalue weighted by Crippen LogP contribution is -2.37. The number of carbonyl (C=O) groups is 1. The van der Waals surface area contributed by atoms with Crippen LogP contribution in [-0.4, -0.2) is 37.1 Å². The summed E-state index contributed by atoms with van der Waals surface area (Å²) in [7, 11) is 1.84. The Bertz CT molecular complexity index is 670. The van der Waals surface area contributed by atoms with E-state index in [2.05, 4.69) is 34.5 Å². The minimum atomic E-state index is -0.228. The average Bonchev–Trinajstić information content (AvgIpc) is 2.64. The summed E-state index contributed by atoms with van der Waals surface area (Å²) in [5, 5.41) is 3.04. The predicted molar refractivity (Wildman–Crippen MR) is 103 cm³/mol. The van der Waals surface area contributed by atoms with Gasteiger partial charge in [-0.25, -0.2) is 4.79 Å². The molecule has 4 nitrogen and oxygen atoms in total. The first kappa shape index (κ1) is 19.3. The lowest BCUT2D eigenvalue weighted by atomic mass is 10.1. The van der Waals surface area contributed by atoms with Crippen LogP contribution in [-0.2, 0) is 11.3 Å². The molecule has 0 unspecified atom stereocenters. The summed E-state index contributed by atoms with van der Waals surface area (Å²) in [6.45, 7) is 2.89. The summed E-state index contributed by atoms with van der Waals surface area (Å²) in [5.41, 5.74) is 2.85. The van der Waals surface area contributed by atoms with Crippen LogP contribution in [0.15, 0.2) is 54.6 Å². The summed E-state index contributed by atoms with van der Waals surface area (Å²) in [4.78, 5) is 14.7. The number of rotatable bonds is 5. The highest BCUT2D eigenvalue weighted by molar-refractivity contribution is 5.90. The van der Waals surface area contributed by atoms with Crippen molar-refractivity contribution in [2.45, 2.75) is 25.5 Å². The summed E-state index contributed by atoms with van der Waals surface area (Å²) < 4.78 is 5.68. The van der Waals surface area contributed by atoms with Crippen LogP contribution in [0.3, 0.4) is 0 Å². The van der Waals surface area contributed by atoms with E-state index in [9.17, 15) is 4.79 Å². The number of likely N-dealkylation sites (tertiary alicyclic amines) is 1. The molecule has 1 fully saturated rings. The van der Waals surface area contributed by atoms with Gasteiger partial charge in [-0.15, -0.1) is 12.4 Å². The molecule has 0 atom stereocenters. The molecule has 0 bridgehead atoms. The predicted octanol–water partition coefficient (Wildman–Crippen LogP) is 3.97. The number of halogens is 1. The lowest BCUT2D eigenvalue weighted by molar-refractivity contribution is 0.0104. The van der Waals surface area contributed by atoms with E-state index in [4.69, 9.17) is 4.74 Å². The largest absolute Gasteiger partial charge is 0.459 e. The Balaban J connectivity index is 0.00000225. The molecule has 2 aromatic carbocycles. The molecule has 5 heteroatoms. The molecule has 1 saturated heterocycles. The van der Waals surface area contributed by atoms with E-state index in [1.807, 2.05) is 31.3 Å². The van der Waals surface area contributed by atoms with Gasteiger partial charge in [-0.1, -0.05) is 36.4 Å².